The monoisotopic (exact) mass is 430 g/mol. The molecule has 0 aliphatic carbocycles. The molecule has 4 rings (SSSR count). The normalized spacial score (nSPS) is 17.1. The molecule has 0 radical (unpaired) electrons. The number of thiazole rings is 1. The van der Waals surface area contributed by atoms with Gasteiger partial charge in [-0.3, -0.25) is 14.5 Å². The van der Waals surface area contributed by atoms with E-state index in [0.717, 1.165) is 21.3 Å². The van der Waals surface area contributed by atoms with Gasteiger partial charge in [-0.25, -0.2) is 13.8 Å². The fourth-order valence-corrected chi connectivity index (χ4v) is 4.39. The maximum absolute atomic E-state index is 14.1. The number of halogens is 2. The number of fused-ring (bicyclic) bond motifs is 1. The lowest BCUT2D eigenvalue weighted by atomic mass is 10.1. The largest absolute Gasteiger partial charge is 0.353 e. The lowest BCUT2D eigenvalue weighted by Crippen LogP contribution is -2.56. The van der Waals surface area contributed by atoms with Crippen molar-refractivity contribution >= 4 is 33.4 Å². The Labute approximate surface area is 175 Å². The van der Waals surface area contributed by atoms with Crippen LogP contribution in [0.2, 0.25) is 0 Å². The molecule has 3 aromatic rings. The molecule has 1 saturated heterocycles. The van der Waals surface area contributed by atoms with Gasteiger partial charge in [-0.05, 0) is 18.2 Å². The number of rotatable bonds is 6. The minimum Gasteiger partial charge on any atom is -0.353 e. The molecule has 2 N–H and O–H groups in total. The number of aromatic nitrogens is 1. The predicted molar refractivity (Wildman–Crippen MR) is 110 cm³/mol. The summed E-state index contributed by atoms with van der Waals surface area (Å²) in [5.41, 5.74) is 1.03. The summed E-state index contributed by atoms with van der Waals surface area (Å²) in [7, 11) is 0. The number of carbonyl (C=O) groups is 2. The van der Waals surface area contributed by atoms with Crippen molar-refractivity contribution in [1.82, 2.24) is 20.5 Å². The minimum absolute atomic E-state index is 0.0484. The van der Waals surface area contributed by atoms with E-state index >= 15 is 0 Å². The number of benzene rings is 2. The second-order valence-corrected chi connectivity index (χ2v) is 8.16. The third-order valence-corrected chi connectivity index (χ3v) is 6.04. The van der Waals surface area contributed by atoms with Gasteiger partial charge in [-0.2, -0.15) is 0 Å². The number of amides is 2. The van der Waals surface area contributed by atoms with E-state index in [4.69, 9.17) is 0 Å². The van der Waals surface area contributed by atoms with Gasteiger partial charge < -0.3 is 10.6 Å². The van der Waals surface area contributed by atoms with E-state index < -0.39 is 17.7 Å². The molecule has 1 unspecified atom stereocenters. The first kappa shape index (κ1) is 20.4. The third-order valence-electron chi connectivity index (χ3n) is 5.00. The number of carbonyl (C=O) groups excluding carboxylic acids is 2. The van der Waals surface area contributed by atoms with Gasteiger partial charge in [0.2, 0.25) is 11.8 Å². The van der Waals surface area contributed by atoms with Crippen LogP contribution < -0.4 is 10.6 Å². The van der Waals surface area contributed by atoms with Crippen LogP contribution in [-0.4, -0.2) is 40.8 Å². The zero-order valence-electron chi connectivity index (χ0n) is 16.0. The van der Waals surface area contributed by atoms with Crippen molar-refractivity contribution < 1.29 is 18.4 Å². The first-order chi connectivity index (χ1) is 14.5. The van der Waals surface area contributed by atoms with Crippen LogP contribution in [0.3, 0.4) is 0 Å². The molecule has 6 nitrogen and oxygen atoms in total. The molecule has 0 saturated carbocycles. The lowest BCUT2D eigenvalue weighted by Gasteiger charge is -2.34. The zero-order valence-corrected chi connectivity index (χ0v) is 16.8. The molecule has 1 aromatic heterocycles. The van der Waals surface area contributed by atoms with Crippen molar-refractivity contribution in [2.75, 3.05) is 13.1 Å². The Hall–Kier alpha value is -2.91. The first-order valence-electron chi connectivity index (χ1n) is 9.57. The second kappa shape index (κ2) is 8.85. The van der Waals surface area contributed by atoms with Crippen LogP contribution in [0.15, 0.2) is 42.5 Å². The minimum atomic E-state index is -0.931. The summed E-state index contributed by atoms with van der Waals surface area (Å²) in [4.78, 5) is 31.0. The Bertz CT molecular complexity index is 1050. The van der Waals surface area contributed by atoms with Crippen molar-refractivity contribution in [2.24, 2.45) is 0 Å². The van der Waals surface area contributed by atoms with Gasteiger partial charge in [0.25, 0.3) is 0 Å². The standard InChI is InChI=1S/C21H20F2N4O2S/c22-14-5-3-4-13(20(14)23)12-27-9-8-24-21(29)16(27)10-18(28)25-11-19-26-15-6-1-2-7-17(15)30-19/h1-7,16H,8-12H2,(H,24,29)(H,25,28). The van der Waals surface area contributed by atoms with Crippen LogP contribution in [0.5, 0.6) is 0 Å². The van der Waals surface area contributed by atoms with Gasteiger partial charge in [0.15, 0.2) is 11.6 Å². The van der Waals surface area contributed by atoms with Crippen molar-refractivity contribution in [3.8, 4) is 0 Å². The lowest BCUT2D eigenvalue weighted by molar-refractivity contribution is -0.134. The van der Waals surface area contributed by atoms with Crippen LogP contribution in [0.1, 0.15) is 17.0 Å². The second-order valence-electron chi connectivity index (χ2n) is 7.05. The van der Waals surface area contributed by atoms with Crippen molar-refractivity contribution in [2.45, 2.75) is 25.6 Å². The van der Waals surface area contributed by atoms with Crippen molar-refractivity contribution in [3.63, 3.8) is 0 Å². The van der Waals surface area contributed by atoms with Crippen molar-refractivity contribution in [1.29, 1.82) is 0 Å². The topological polar surface area (TPSA) is 74.3 Å². The highest BCUT2D eigenvalue weighted by molar-refractivity contribution is 7.18. The third kappa shape index (κ3) is 4.47. The van der Waals surface area contributed by atoms with E-state index in [1.165, 1.54) is 23.5 Å². The van der Waals surface area contributed by atoms with Crippen LogP contribution in [-0.2, 0) is 22.7 Å². The summed E-state index contributed by atoms with van der Waals surface area (Å²) in [5, 5.41) is 6.31. The first-order valence-corrected chi connectivity index (χ1v) is 10.4. The van der Waals surface area contributed by atoms with E-state index in [1.54, 1.807) is 4.90 Å². The van der Waals surface area contributed by atoms with Gasteiger partial charge in [-0.15, -0.1) is 11.3 Å². The van der Waals surface area contributed by atoms with Gasteiger partial charge >= 0.3 is 0 Å². The number of para-hydroxylation sites is 1. The maximum atomic E-state index is 14.1. The molecule has 1 aliphatic rings. The summed E-state index contributed by atoms with van der Waals surface area (Å²) in [6.45, 7) is 1.15. The molecule has 30 heavy (non-hydrogen) atoms. The highest BCUT2D eigenvalue weighted by Crippen LogP contribution is 2.22. The summed E-state index contributed by atoms with van der Waals surface area (Å²) in [5.74, 6) is -2.46. The SMILES string of the molecule is O=C(CC1C(=O)NCCN1Cc1cccc(F)c1F)NCc1nc2ccccc2s1. The summed E-state index contributed by atoms with van der Waals surface area (Å²) >= 11 is 1.50. The number of piperazine rings is 1. The molecule has 0 spiro atoms. The Morgan fingerprint density at radius 3 is 2.90 bits per heavy atom. The average Bonchev–Trinajstić information content (AvgIpc) is 3.15. The van der Waals surface area contributed by atoms with Crippen LogP contribution >= 0.6 is 11.3 Å². The van der Waals surface area contributed by atoms with Gasteiger partial charge in [0.05, 0.1) is 29.2 Å². The van der Waals surface area contributed by atoms with Gasteiger partial charge in [0, 0.05) is 25.2 Å². The molecule has 0 bridgehead atoms. The van der Waals surface area contributed by atoms with E-state index in [2.05, 4.69) is 15.6 Å². The molecule has 1 fully saturated rings. The summed E-state index contributed by atoms with van der Waals surface area (Å²) in [6, 6.07) is 10.9. The Morgan fingerprint density at radius 2 is 2.07 bits per heavy atom. The van der Waals surface area contributed by atoms with Gasteiger partial charge in [-0.1, -0.05) is 24.3 Å². The Morgan fingerprint density at radius 1 is 1.23 bits per heavy atom. The van der Waals surface area contributed by atoms with Crippen LogP contribution in [0.4, 0.5) is 8.78 Å². The molecular weight excluding hydrogens is 410 g/mol. The summed E-state index contributed by atoms with van der Waals surface area (Å²) in [6.07, 6.45) is -0.0757. The van der Waals surface area contributed by atoms with Crippen LogP contribution in [0.25, 0.3) is 10.2 Å². The quantitative estimate of drug-likeness (QED) is 0.631. The Balaban J connectivity index is 1.40. The zero-order chi connectivity index (χ0) is 21.1. The molecule has 9 heteroatoms. The Kier molecular flexibility index (Phi) is 6.01. The molecule has 2 aromatic carbocycles. The molecule has 156 valence electrons. The predicted octanol–water partition coefficient (Wildman–Crippen LogP) is 2.58. The fraction of sp³-hybridized carbons (Fsp3) is 0.286. The summed E-state index contributed by atoms with van der Waals surface area (Å²) < 4.78 is 28.6. The molecule has 2 heterocycles. The van der Waals surface area contributed by atoms with E-state index in [0.29, 0.717) is 13.1 Å². The van der Waals surface area contributed by atoms with E-state index in [-0.39, 0.29) is 36.9 Å². The molecule has 1 aliphatic heterocycles. The highest BCUT2D eigenvalue weighted by Gasteiger charge is 2.32. The molecular formula is C21H20F2N4O2S. The number of hydrogen-bond acceptors (Lipinski definition) is 5. The van der Waals surface area contributed by atoms with E-state index in [1.807, 2.05) is 24.3 Å². The van der Waals surface area contributed by atoms with Crippen LogP contribution in [0, 0.1) is 11.6 Å². The maximum Gasteiger partial charge on any atom is 0.237 e. The average molecular weight is 430 g/mol. The number of nitrogens with zero attached hydrogens (tertiary/aromatic N) is 2. The van der Waals surface area contributed by atoms with E-state index in [9.17, 15) is 18.4 Å². The fourth-order valence-electron chi connectivity index (χ4n) is 3.48. The molecule has 2 amide bonds. The molecule has 1 atom stereocenters. The smallest absolute Gasteiger partial charge is 0.237 e. The van der Waals surface area contributed by atoms with Gasteiger partial charge in [0.1, 0.15) is 5.01 Å². The number of nitrogens with one attached hydrogen (secondary N) is 2. The number of hydrogen-bond donors (Lipinski definition) is 2. The highest BCUT2D eigenvalue weighted by atomic mass is 32.1. The van der Waals surface area contributed by atoms with Crippen molar-refractivity contribution in [3.05, 3.63) is 64.7 Å².